The van der Waals surface area contributed by atoms with E-state index in [0.717, 1.165) is 11.3 Å². The average Bonchev–Trinajstić information content (AvgIpc) is 3.21. The number of aromatic amines is 1. The third kappa shape index (κ3) is 3.78. The Labute approximate surface area is 189 Å². The van der Waals surface area contributed by atoms with Crippen molar-refractivity contribution in [3.8, 4) is 5.69 Å². The predicted molar refractivity (Wildman–Crippen MR) is 127 cm³/mol. The van der Waals surface area contributed by atoms with E-state index in [0.29, 0.717) is 42.9 Å². The molecule has 0 bridgehead atoms. The first-order valence-electron chi connectivity index (χ1n) is 9.38. The van der Waals surface area contributed by atoms with Gasteiger partial charge in [-0.05, 0) is 54.3 Å². The fourth-order valence-corrected chi connectivity index (χ4v) is 5.13. The molecular formula is C22H15ClN4O2S2. The number of fused-ring (bicyclic) bond motifs is 2. The van der Waals surface area contributed by atoms with Crippen molar-refractivity contribution in [3.63, 3.8) is 0 Å². The van der Waals surface area contributed by atoms with Crippen LogP contribution in [0.25, 0.3) is 26.8 Å². The minimum absolute atomic E-state index is 0.162. The van der Waals surface area contributed by atoms with Crippen LogP contribution in [0.3, 0.4) is 0 Å². The van der Waals surface area contributed by atoms with Crippen LogP contribution in [-0.4, -0.2) is 19.5 Å². The lowest BCUT2D eigenvalue weighted by molar-refractivity contribution is 0.817. The molecule has 5 rings (SSSR count). The lowest BCUT2D eigenvalue weighted by Crippen LogP contribution is -2.22. The first-order valence-corrected chi connectivity index (χ1v) is 11.6. The molecule has 0 aliphatic heterocycles. The minimum atomic E-state index is -0.176. The van der Waals surface area contributed by atoms with Crippen molar-refractivity contribution < 1.29 is 0 Å². The summed E-state index contributed by atoms with van der Waals surface area (Å²) in [6.45, 7) is 1.97. The zero-order valence-corrected chi connectivity index (χ0v) is 18.6. The number of hydrogen-bond acceptors (Lipinski definition) is 6. The highest BCUT2D eigenvalue weighted by Crippen LogP contribution is 2.25. The molecular weight excluding hydrogens is 452 g/mol. The van der Waals surface area contributed by atoms with E-state index in [2.05, 4.69) is 9.97 Å². The van der Waals surface area contributed by atoms with Gasteiger partial charge in [0, 0.05) is 5.02 Å². The first kappa shape index (κ1) is 20.0. The Morgan fingerprint density at radius 3 is 2.81 bits per heavy atom. The van der Waals surface area contributed by atoms with Crippen molar-refractivity contribution >= 4 is 55.8 Å². The summed E-state index contributed by atoms with van der Waals surface area (Å²) >= 11 is 8.83. The van der Waals surface area contributed by atoms with Crippen LogP contribution in [0, 0.1) is 6.92 Å². The van der Waals surface area contributed by atoms with Crippen LogP contribution in [-0.2, 0) is 5.75 Å². The van der Waals surface area contributed by atoms with Gasteiger partial charge in [0.15, 0.2) is 5.16 Å². The van der Waals surface area contributed by atoms with Crippen molar-refractivity contribution in [1.82, 2.24) is 19.5 Å². The number of aromatic nitrogens is 4. The molecule has 6 nitrogen and oxygen atoms in total. The monoisotopic (exact) mass is 466 g/mol. The highest BCUT2D eigenvalue weighted by Gasteiger charge is 2.15. The van der Waals surface area contributed by atoms with Gasteiger partial charge in [0.1, 0.15) is 10.5 Å². The van der Waals surface area contributed by atoms with Gasteiger partial charge in [0.2, 0.25) is 0 Å². The summed E-state index contributed by atoms with van der Waals surface area (Å²) in [5.41, 5.74) is 2.61. The Morgan fingerprint density at radius 1 is 1.10 bits per heavy atom. The van der Waals surface area contributed by atoms with Gasteiger partial charge in [-0.3, -0.25) is 14.2 Å². The molecule has 5 aromatic rings. The number of nitrogens with zero attached hydrogens (tertiary/aromatic N) is 3. The lowest BCUT2D eigenvalue weighted by atomic mass is 10.2. The highest BCUT2D eigenvalue weighted by atomic mass is 35.5. The van der Waals surface area contributed by atoms with Gasteiger partial charge in [-0.1, -0.05) is 35.5 Å². The van der Waals surface area contributed by atoms with E-state index in [-0.39, 0.29) is 11.1 Å². The molecule has 0 saturated heterocycles. The molecule has 0 spiro atoms. The number of H-pyrrole nitrogens is 1. The molecule has 0 atom stereocenters. The van der Waals surface area contributed by atoms with E-state index >= 15 is 0 Å². The summed E-state index contributed by atoms with van der Waals surface area (Å²) in [6.07, 6.45) is 0. The normalized spacial score (nSPS) is 11.4. The van der Waals surface area contributed by atoms with E-state index in [1.54, 1.807) is 22.8 Å². The van der Waals surface area contributed by atoms with Gasteiger partial charge in [-0.25, -0.2) is 9.97 Å². The summed E-state index contributed by atoms with van der Waals surface area (Å²) in [6, 6.07) is 14.6. The van der Waals surface area contributed by atoms with E-state index in [1.807, 2.05) is 42.6 Å². The summed E-state index contributed by atoms with van der Waals surface area (Å²) in [5.74, 6) is 0.878. The van der Waals surface area contributed by atoms with Crippen molar-refractivity contribution in [1.29, 1.82) is 0 Å². The molecule has 9 heteroatoms. The molecule has 0 fully saturated rings. The number of nitrogens with one attached hydrogen (secondary N) is 1. The molecule has 1 N–H and O–H groups in total. The smallest absolute Gasteiger partial charge is 0.268 e. The van der Waals surface area contributed by atoms with E-state index in [9.17, 15) is 9.59 Å². The number of rotatable bonds is 4. The van der Waals surface area contributed by atoms with Gasteiger partial charge in [-0.2, -0.15) is 0 Å². The number of thiophene rings is 1. The maximum atomic E-state index is 13.4. The highest BCUT2D eigenvalue weighted by molar-refractivity contribution is 7.98. The van der Waals surface area contributed by atoms with Crippen molar-refractivity contribution in [2.75, 3.05) is 0 Å². The molecule has 2 aromatic carbocycles. The third-order valence-corrected chi connectivity index (χ3v) is 6.85. The Hall–Kier alpha value is -2.94. The maximum absolute atomic E-state index is 13.4. The van der Waals surface area contributed by atoms with E-state index in [4.69, 9.17) is 16.6 Å². The van der Waals surface area contributed by atoms with E-state index in [1.165, 1.54) is 23.1 Å². The Bertz CT molecular complexity index is 1570. The van der Waals surface area contributed by atoms with Crippen molar-refractivity contribution in [3.05, 3.63) is 91.0 Å². The molecule has 0 radical (unpaired) electrons. The SMILES string of the molecule is Cc1cccc(-n2c(SCc3nc4ccsc4c(=O)[nH]3)nc3cc(Cl)ccc3c2=O)c1. The van der Waals surface area contributed by atoms with Crippen LogP contribution in [0.2, 0.25) is 5.02 Å². The van der Waals surface area contributed by atoms with Crippen LogP contribution in [0.4, 0.5) is 0 Å². The topological polar surface area (TPSA) is 80.6 Å². The van der Waals surface area contributed by atoms with Gasteiger partial charge in [0.25, 0.3) is 11.1 Å². The summed E-state index contributed by atoms with van der Waals surface area (Å²) < 4.78 is 2.19. The second kappa shape index (κ2) is 7.96. The number of halogens is 1. The standard InChI is InChI=1S/C22H15ClN4O2S2/c1-12-3-2-4-14(9-12)27-21(29)15-6-5-13(23)10-17(15)25-22(27)31-11-18-24-16-7-8-30-19(16)20(28)26-18/h2-10H,11H2,1H3,(H,24,26,28). The molecule has 0 aliphatic carbocycles. The van der Waals surface area contributed by atoms with Crippen LogP contribution < -0.4 is 11.1 Å². The van der Waals surface area contributed by atoms with Crippen LogP contribution in [0.1, 0.15) is 11.4 Å². The van der Waals surface area contributed by atoms with Crippen LogP contribution in [0.15, 0.2) is 68.7 Å². The quantitative estimate of drug-likeness (QED) is 0.300. The van der Waals surface area contributed by atoms with Crippen molar-refractivity contribution in [2.45, 2.75) is 17.8 Å². The number of benzene rings is 2. The van der Waals surface area contributed by atoms with Gasteiger partial charge in [0.05, 0.1) is 27.9 Å². The molecule has 31 heavy (non-hydrogen) atoms. The molecule has 0 amide bonds. The number of aryl methyl sites for hydroxylation is 1. The molecule has 3 aromatic heterocycles. The molecule has 0 aliphatic rings. The van der Waals surface area contributed by atoms with Gasteiger partial charge in [-0.15, -0.1) is 11.3 Å². The summed E-state index contributed by atoms with van der Waals surface area (Å²) in [5, 5.41) is 3.34. The Morgan fingerprint density at radius 2 is 1.97 bits per heavy atom. The van der Waals surface area contributed by atoms with Crippen LogP contribution in [0.5, 0.6) is 0 Å². The summed E-state index contributed by atoms with van der Waals surface area (Å²) in [4.78, 5) is 37.7. The van der Waals surface area contributed by atoms with Crippen LogP contribution >= 0.6 is 34.7 Å². The average molecular weight is 467 g/mol. The predicted octanol–water partition coefficient (Wildman–Crippen LogP) is 4.94. The second-order valence-corrected chi connectivity index (χ2v) is 9.27. The fraction of sp³-hybridized carbons (Fsp3) is 0.0909. The Balaban J connectivity index is 1.64. The molecule has 0 saturated carbocycles. The number of thioether (sulfide) groups is 1. The lowest BCUT2D eigenvalue weighted by Gasteiger charge is -2.14. The molecule has 3 heterocycles. The second-order valence-electron chi connectivity index (χ2n) is 6.97. The summed E-state index contributed by atoms with van der Waals surface area (Å²) in [7, 11) is 0. The maximum Gasteiger partial charge on any atom is 0.268 e. The van der Waals surface area contributed by atoms with Gasteiger partial charge < -0.3 is 4.98 Å². The minimum Gasteiger partial charge on any atom is -0.309 e. The third-order valence-electron chi connectivity index (χ3n) is 4.76. The van der Waals surface area contributed by atoms with Gasteiger partial charge >= 0.3 is 0 Å². The Kier molecular flexibility index (Phi) is 5.13. The zero-order valence-electron chi connectivity index (χ0n) is 16.3. The van der Waals surface area contributed by atoms with Crippen molar-refractivity contribution in [2.24, 2.45) is 0 Å². The molecule has 154 valence electrons. The van der Waals surface area contributed by atoms with E-state index < -0.39 is 0 Å². The zero-order chi connectivity index (χ0) is 21.5. The first-order chi connectivity index (χ1) is 15.0. The largest absolute Gasteiger partial charge is 0.309 e. The number of hydrogen-bond donors (Lipinski definition) is 1. The molecule has 0 unspecified atom stereocenters. The fourth-order valence-electron chi connectivity index (χ4n) is 3.35.